The minimum absolute atomic E-state index is 0.463. The van der Waals surface area contributed by atoms with Crippen LogP contribution in [-0.2, 0) is 14.6 Å². The Kier molecular flexibility index (Phi) is 5.58. The van der Waals surface area contributed by atoms with Crippen LogP contribution in [0.5, 0.6) is 0 Å². The molecule has 24 heavy (non-hydrogen) atoms. The summed E-state index contributed by atoms with van der Waals surface area (Å²) in [6.07, 6.45) is 3.74. The summed E-state index contributed by atoms with van der Waals surface area (Å²) in [7, 11) is -1.27. The van der Waals surface area contributed by atoms with Gasteiger partial charge in [-0.2, -0.15) is 0 Å². The van der Waals surface area contributed by atoms with E-state index in [-0.39, 0.29) is 0 Å². The maximum Gasteiger partial charge on any atom is 0.267 e. The largest absolute Gasteiger partial charge is 0.382 e. The molecule has 1 aliphatic rings. The van der Waals surface area contributed by atoms with Crippen molar-refractivity contribution in [1.29, 1.82) is 0 Å². The third-order valence-electron chi connectivity index (χ3n) is 3.70. The van der Waals surface area contributed by atoms with Gasteiger partial charge in [-0.05, 0) is 31.4 Å². The molecule has 2 rings (SSSR count). The number of hydrogen-bond donors (Lipinski definition) is 0. The fourth-order valence-corrected chi connectivity index (χ4v) is 4.05. The number of carbonyl (C=O) groups is 1. The molecule has 0 aromatic heterocycles. The zero-order valence-electron chi connectivity index (χ0n) is 13.6. The molecule has 0 unspecified atom stereocenters. The average molecular weight is 358 g/mol. The standard InChI is InChI=1S/C16H20F2N2O3S/c1-19(2)11-15(16(21)20-8-4-3-5-9-20)24(22,23)14-7-6-12(17)10-13(14)18/h6-7,10-11H,3-5,8-9H2,1-2H3. The van der Waals surface area contributed by atoms with Crippen LogP contribution in [0.3, 0.4) is 0 Å². The average Bonchev–Trinajstić information content (AvgIpc) is 2.52. The van der Waals surface area contributed by atoms with Gasteiger partial charge in [-0.3, -0.25) is 4.79 Å². The number of amides is 1. The Labute approximate surface area is 140 Å². The number of carbonyl (C=O) groups excluding carboxylic acids is 1. The number of sulfone groups is 1. The Morgan fingerprint density at radius 1 is 1.17 bits per heavy atom. The minimum atomic E-state index is -4.41. The predicted molar refractivity (Wildman–Crippen MR) is 85.7 cm³/mol. The molecule has 1 aromatic carbocycles. The zero-order valence-corrected chi connectivity index (χ0v) is 14.4. The number of halogens is 2. The maximum atomic E-state index is 14.0. The summed E-state index contributed by atoms with van der Waals surface area (Å²) < 4.78 is 52.6. The highest BCUT2D eigenvalue weighted by Crippen LogP contribution is 2.25. The van der Waals surface area contributed by atoms with E-state index in [1.807, 2.05) is 0 Å². The van der Waals surface area contributed by atoms with E-state index >= 15 is 0 Å². The van der Waals surface area contributed by atoms with Crippen molar-refractivity contribution in [2.75, 3.05) is 27.2 Å². The second-order valence-electron chi connectivity index (χ2n) is 5.89. The Hall–Kier alpha value is -1.96. The van der Waals surface area contributed by atoms with Crippen LogP contribution in [0.15, 0.2) is 34.2 Å². The first kappa shape index (κ1) is 18.4. The first-order chi connectivity index (χ1) is 11.2. The number of benzene rings is 1. The summed E-state index contributed by atoms with van der Waals surface area (Å²) in [5, 5.41) is 0. The highest BCUT2D eigenvalue weighted by molar-refractivity contribution is 7.96. The van der Waals surface area contributed by atoms with Crippen molar-refractivity contribution in [1.82, 2.24) is 9.80 Å². The predicted octanol–water partition coefficient (Wildman–Crippen LogP) is 2.15. The van der Waals surface area contributed by atoms with Gasteiger partial charge in [-0.15, -0.1) is 0 Å². The SMILES string of the molecule is CN(C)C=C(C(=O)N1CCCCC1)S(=O)(=O)c1ccc(F)cc1F. The maximum absolute atomic E-state index is 14.0. The van der Waals surface area contributed by atoms with Crippen molar-refractivity contribution in [2.24, 2.45) is 0 Å². The molecule has 1 saturated heterocycles. The van der Waals surface area contributed by atoms with E-state index in [4.69, 9.17) is 0 Å². The Bertz CT molecular complexity index is 755. The van der Waals surface area contributed by atoms with Gasteiger partial charge in [0.05, 0.1) is 0 Å². The lowest BCUT2D eigenvalue weighted by Crippen LogP contribution is -2.38. The van der Waals surface area contributed by atoms with Gasteiger partial charge in [-0.25, -0.2) is 17.2 Å². The van der Waals surface area contributed by atoms with E-state index in [0.717, 1.165) is 37.6 Å². The van der Waals surface area contributed by atoms with Crippen molar-refractivity contribution in [3.05, 3.63) is 40.9 Å². The summed E-state index contributed by atoms with van der Waals surface area (Å²) >= 11 is 0. The lowest BCUT2D eigenvalue weighted by molar-refractivity contribution is -0.127. The molecular weight excluding hydrogens is 338 g/mol. The van der Waals surface area contributed by atoms with E-state index < -0.39 is 37.2 Å². The topological polar surface area (TPSA) is 57.7 Å². The van der Waals surface area contributed by atoms with Gasteiger partial charge in [0.25, 0.3) is 5.91 Å². The molecule has 1 aliphatic heterocycles. The number of piperidine rings is 1. The molecule has 0 aliphatic carbocycles. The van der Waals surface area contributed by atoms with E-state index in [0.29, 0.717) is 19.2 Å². The molecule has 1 amide bonds. The van der Waals surface area contributed by atoms with Crippen LogP contribution < -0.4 is 0 Å². The normalized spacial score (nSPS) is 16.2. The summed E-state index contributed by atoms with van der Waals surface area (Å²) in [6.45, 7) is 0.927. The molecule has 8 heteroatoms. The summed E-state index contributed by atoms with van der Waals surface area (Å²) in [6, 6.07) is 2.19. The second-order valence-corrected chi connectivity index (χ2v) is 7.77. The smallest absolute Gasteiger partial charge is 0.267 e. The van der Waals surface area contributed by atoms with Crippen molar-refractivity contribution in [3.63, 3.8) is 0 Å². The third-order valence-corrected chi connectivity index (χ3v) is 5.47. The van der Waals surface area contributed by atoms with E-state index in [1.54, 1.807) is 14.1 Å². The van der Waals surface area contributed by atoms with Gasteiger partial charge in [-0.1, -0.05) is 0 Å². The van der Waals surface area contributed by atoms with Crippen molar-refractivity contribution in [3.8, 4) is 0 Å². The van der Waals surface area contributed by atoms with Crippen LogP contribution in [0, 0.1) is 11.6 Å². The monoisotopic (exact) mass is 358 g/mol. The molecule has 0 spiro atoms. The van der Waals surface area contributed by atoms with Crippen LogP contribution >= 0.6 is 0 Å². The van der Waals surface area contributed by atoms with E-state index in [9.17, 15) is 22.0 Å². The van der Waals surface area contributed by atoms with Crippen LogP contribution in [0.2, 0.25) is 0 Å². The van der Waals surface area contributed by atoms with Gasteiger partial charge in [0.15, 0.2) is 4.91 Å². The molecule has 1 heterocycles. The Morgan fingerprint density at radius 2 is 1.79 bits per heavy atom. The zero-order chi connectivity index (χ0) is 17.9. The van der Waals surface area contributed by atoms with Gasteiger partial charge >= 0.3 is 0 Å². The minimum Gasteiger partial charge on any atom is -0.382 e. The fourth-order valence-electron chi connectivity index (χ4n) is 2.54. The second kappa shape index (κ2) is 7.29. The molecule has 0 N–H and O–H groups in total. The van der Waals surface area contributed by atoms with Gasteiger partial charge < -0.3 is 9.80 Å². The number of nitrogens with zero attached hydrogens (tertiary/aromatic N) is 2. The number of rotatable bonds is 4. The van der Waals surface area contributed by atoms with Gasteiger partial charge in [0, 0.05) is 39.5 Å². The van der Waals surface area contributed by atoms with Crippen LogP contribution in [0.4, 0.5) is 8.78 Å². The van der Waals surface area contributed by atoms with E-state index in [1.165, 1.54) is 9.80 Å². The lowest BCUT2D eigenvalue weighted by Gasteiger charge is -2.28. The third kappa shape index (κ3) is 3.92. The fraction of sp³-hybridized carbons (Fsp3) is 0.438. The molecule has 0 bridgehead atoms. The molecule has 5 nitrogen and oxygen atoms in total. The van der Waals surface area contributed by atoms with Crippen molar-refractivity contribution in [2.45, 2.75) is 24.2 Å². The molecule has 1 aromatic rings. The van der Waals surface area contributed by atoms with Gasteiger partial charge in [0.2, 0.25) is 9.84 Å². The molecular formula is C16H20F2N2O3S. The first-order valence-corrected chi connectivity index (χ1v) is 9.09. The molecule has 0 atom stereocenters. The Morgan fingerprint density at radius 3 is 2.33 bits per heavy atom. The quantitative estimate of drug-likeness (QED) is 0.611. The summed E-state index contributed by atoms with van der Waals surface area (Å²) in [5.41, 5.74) is 0. The first-order valence-electron chi connectivity index (χ1n) is 7.61. The lowest BCUT2D eigenvalue weighted by atomic mass is 10.1. The molecule has 132 valence electrons. The molecule has 0 radical (unpaired) electrons. The van der Waals surface area contributed by atoms with Crippen molar-refractivity contribution < 1.29 is 22.0 Å². The van der Waals surface area contributed by atoms with Crippen molar-refractivity contribution >= 4 is 15.7 Å². The molecule has 1 fully saturated rings. The van der Waals surface area contributed by atoms with E-state index in [2.05, 4.69) is 0 Å². The number of hydrogen-bond acceptors (Lipinski definition) is 4. The highest BCUT2D eigenvalue weighted by atomic mass is 32.2. The number of likely N-dealkylation sites (tertiary alicyclic amines) is 1. The van der Waals surface area contributed by atoms with Crippen LogP contribution in [0.1, 0.15) is 19.3 Å². The summed E-state index contributed by atoms with van der Waals surface area (Å²) in [4.78, 5) is 14.3. The Balaban J connectivity index is 2.48. The van der Waals surface area contributed by atoms with Crippen LogP contribution in [-0.4, -0.2) is 51.3 Å². The van der Waals surface area contributed by atoms with Crippen LogP contribution in [0.25, 0.3) is 0 Å². The summed E-state index contributed by atoms with van der Waals surface area (Å²) in [5.74, 6) is -2.76. The highest BCUT2D eigenvalue weighted by Gasteiger charge is 2.33. The molecule has 0 saturated carbocycles. The van der Waals surface area contributed by atoms with Gasteiger partial charge in [0.1, 0.15) is 16.5 Å².